The Morgan fingerprint density at radius 3 is 2.73 bits per heavy atom. The Morgan fingerprint density at radius 2 is 2.27 bits per heavy atom. The minimum Gasteiger partial charge on any atom is -0.506 e. The van der Waals surface area contributed by atoms with E-state index in [1.807, 2.05) is 6.07 Å². The molecule has 0 spiro atoms. The monoisotopic (exact) mass is 148 g/mol. The predicted octanol–water partition coefficient (Wildman–Crippen LogP) is 1.31. The van der Waals surface area contributed by atoms with Crippen LogP contribution in [0.1, 0.15) is 5.56 Å². The molecule has 0 unspecified atom stereocenters. The lowest BCUT2D eigenvalue weighted by molar-refractivity contribution is 0.474. The van der Waals surface area contributed by atoms with E-state index in [0.717, 1.165) is 0 Å². The molecule has 1 rings (SSSR count). The topological polar surface area (TPSA) is 56.0 Å². The Morgan fingerprint density at radius 1 is 1.55 bits per heavy atom. The van der Waals surface area contributed by atoms with Gasteiger partial charge in [-0.2, -0.15) is 5.26 Å². The van der Waals surface area contributed by atoms with Gasteiger partial charge in [-0.05, 0) is 12.1 Å². The number of anilines is 1. The fraction of sp³-hybridized carbons (Fsp3) is 0.125. The first-order valence-electron chi connectivity index (χ1n) is 3.19. The van der Waals surface area contributed by atoms with Crippen LogP contribution in [0.3, 0.4) is 0 Å². The lowest BCUT2D eigenvalue weighted by atomic mass is 10.2. The summed E-state index contributed by atoms with van der Waals surface area (Å²) in [5.74, 6) is 0.0133. The van der Waals surface area contributed by atoms with Gasteiger partial charge in [0.05, 0.1) is 5.69 Å². The predicted molar refractivity (Wildman–Crippen MR) is 42.4 cm³/mol. The Labute approximate surface area is 64.9 Å². The summed E-state index contributed by atoms with van der Waals surface area (Å²) in [6.45, 7) is 0. The second-order valence-electron chi connectivity index (χ2n) is 2.06. The molecule has 56 valence electrons. The van der Waals surface area contributed by atoms with E-state index in [2.05, 4.69) is 5.32 Å². The number of nitriles is 1. The quantitative estimate of drug-likeness (QED) is 0.631. The van der Waals surface area contributed by atoms with E-state index in [9.17, 15) is 0 Å². The van der Waals surface area contributed by atoms with Gasteiger partial charge in [0, 0.05) is 7.05 Å². The number of phenolic OH excluding ortho intramolecular Hbond substituents is 1. The summed E-state index contributed by atoms with van der Waals surface area (Å²) in [5, 5.41) is 20.5. The van der Waals surface area contributed by atoms with Crippen LogP contribution in [-0.2, 0) is 0 Å². The van der Waals surface area contributed by atoms with Crippen molar-refractivity contribution in [2.45, 2.75) is 0 Å². The highest BCUT2D eigenvalue weighted by molar-refractivity contribution is 5.62. The van der Waals surface area contributed by atoms with Gasteiger partial charge >= 0.3 is 0 Å². The summed E-state index contributed by atoms with van der Waals surface area (Å²) >= 11 is 0. The van der Waals surface area contributed by atoms with Crippen molar-refractivity contribution in [3.8, 4) is 11.8 Å². The number of phenols is 1. The summed E-state index contributed by atoms with van der Waals surface area (Å²) in [7, 11) is 1.70. The molecule has 0 aliphatic rings. The minimum absolute atomic E-state index is 0.0133. The van der Waals surface area contributed by atoms with E-state index in [4.69, 9.17) is 10.4 Å². The van der Waals surface area contributed by atoms with Crippen molar-refractivity contribution >= 4 is 5.69 Å². The molecule has 0 atom stereocenters. The van der Waals surface area contributed by atoms with Gasteiger partial charge in [-0.1, -0.05) is 6.07 Å². The first-order valence-corrected chi connectivity index (χ1v) is 3.19. The third kappa shape index (κ3) is 1.24. The fourth-order valence-electron chi connectivity index (χ4n) is 0.866. The lowest BCUT2D eigenvalue weighted by Crippen LogP contribution is -1.91. The van der Waals surface area contributed by atoms with Crippen LogP contribution >= 0.6 is 0 Å². The van der Waals surface area contributed by atoms with Gasteiger partial charge in [0.2, 0.25) is 0 Å². The van der Waals surface area contributed by atoms with Crippen molar-refractivity contribution in [2.75, 3.05) is 12.4 Å². The van der Waals surface area contributed by atoms with Crippen molar-refractivity contribution in [3.63, 3.8) is 0 Å². The molecule has 0 saturated carbocycles. The number of nitrogens with one attached hydrogen (secondary N) is 1. The number of benzene rings is 1. The smallest absolute Gasteiger partial charge is 0.135 e. The van der Waals surface area contributed by atoms with Gasteiger partial charge in [-0.15, -0.1) is 0 Å². The molecule has 0 amide bonds. The zero-order valence-corrected chi connectivity index (χ0v) is 6.13. The molecule has 0 fully saturated rings. The average Bonchev–Trinajstić information content (AvgIpc) is 2.04. The standard InChI is InChI=1S/C8H8N2O/c1-10-7-3-2-4-8(11)6(7)5-9/h2-4,10-11H,1H3. The van der Waals surface area contributed by atoms with Gasteiger partial charge in [0.1, 0.15) is 17.4 Å². The Kier molecular flexibility index (Phi) is 1.98. The normalized spacial score (nSPS) is 8.73. The number of aromatic hydroxyl groups is 1. The van der Waals surface area contributed by atoms with E-state index in [-0.39, 0.29) is 11.3 Å². The number of nitrogens with zero attached hydrogens (tertiary/aromatic N) is 1. The molecule has 0 radical (unpaired) electrons. The van der Waals surface area contributed by atoms with Crippen molar-refractivity contribution < 1.29 is 5.11 Å². The van der Waals surface area contributed by atoms with Crippen LogP contribution < -0.4 is 5.32 Å². The maximum absolute atomic E-state index is 9.16. The molecule has 0 aliphatic heterocycles. The van der Waals surface area contributed by atoms with Crippen molar-refractivity contribution in [3.05, 3.63) is 23.8 Å². The van der Waals surface area contributed by atoms with E-state index in [1.54, 1.807) is 19.2 Å². The molecule has 3 nitrogen and oxygen atoms in total. The lowest BCUT2D eigenvalue weighted by Gasteiger charge is -2.02. The van der Waals surface area contributed by atoms with Crippen LogP contribution in [-0.4, -0.2) is 12.2 Å². The number of rotatable bonds is 1. The molecule has 3 heteroatoms. The van der Waals surface area contributed by atoms with E-state index < -0.39 is 0 Å². The third-order valence-electron chi connectivity index (χ3n) is 1.42. The van der Waals surface area contributed by atoms with Crippen LogP contribution in [0.4, 0.5) is 5.69 Å². The summed E-state index contributed by atoms with van der Waals surface area (Å²) in [6, 6.07) is 6.80. The van der Waals surface area contributed by atoms with Gasteiger partial charge in [-0.3, -0.25) is 0 Å². The Bertz CT molecular complexity index is 301. The van der Waals surface area contributed by atoms with Crippen molar-refractivity contribution in [1.29, 1.82) is 5.26 Å². The summed E-state index contributed by atoms with van der Waals surface area (Å²) in [4.78, 5) is 0. The SMILES string of the molecule is CNc1cccc(O)c1C#N. The van der Waals surface area contributed by atoms with Crippen molar-refractivity contribution in [2.24, 2.45) is 0 Å². The molecule has 0 aromatic heterocycles. The molecule has 11 heavy (non-hydrogen) atoms. The van der Waals surface area contributed by atoms with Crippen molar-refractivity contribution in [1.82, 2.24) is 0 Å². The Hall–Kier alpha value is -1.69. The van der Waals surface area contributed by atoms with Gasteiger partial charge in [0.15, 0.2) is 0 Å². The molecule has 0 bridgehead atoms. The van der Waals surface area contributed by atoms with Crippen LogP contribution in [0, 0.1) is 11.3 Å². The number of hydrogen-bond acceptors (Lipinski definition) is 3. The second kappa shape index (κ2) is 2.93. The molecule has 0 saturated heterocycles. The highest BCUT2D eigenvalue weighted by Crippen LogP contribution is 2.23. The molecule has 2 N–H and O–H groups in total. The van der Waals surface area contributed by atoms with E-state index in [0.29, 0.717) is 5.69 Å². The minimum atomic E-state index is 0.0133. The second-order valence-corrected chi connectivity index (χ2v) is 2.06. The van der Waals surface area contributed by atoms with Crippen LogP contribution in [0.15, 0.2) is 18.2 Å². The van der Waals surface area contributed by atoms with Crippen LogP contribution in [0.25, 0.3) is 0 Å². The molecular formula is C8H8N2O. The van der Waals surface area contributed by atoms with E-state index in [1.165, 1.54) is 6.07 Å². The molecule has 0 aliphatic carbocycles. The van der Waals surface area contributed by atoms with Crippen LogP contribution in [0.5, 0.6) is 5.75 Å². The zero-order valence-electron chi connectivity index (χ0n) is 6.13. The summed E-state index contributed by atoms with van der Waals surface area (Å²) < 4.78 is 0. The Balaban J connectivity index is 3.27. The number of hydrogen-bond donors (Lipinski definition) is 2. The first kappa shape index (κ1) is 7.42. The molecular weight excluding hydrogens is 140 g/mol. The highest BCUT2D eigenvalue weighted by Gasteiger charge is 2.03. The average molecular weight is 148 g/mol. The van der Waals surface area contributed by atoms with E-state index >= 15 is 0 Å². The molecule has 0 heterocycles. The highest BCUT2D eigenvalue weighted by atomic mass is 16.3. The largest absolute Gasteiger partial charge is 0.506 e. The summed E-state index contributed by atoms with van der Waals surface area (Å²) in [5.41, 5.74) is 0.933. The van der Waals surface area contributed by atoms with Crippen LogP contribution in [0.2, 0.25) is 0 Å². The first-order chi connectivity index (χ1) is 5.29. The third-order valence-corrected chi connectivity index (χ3v) is 1.42. The fourth-order valence-corrected chi connectivity index (χ4v) is 0.866. The van der Waals surface area contributed by atoms with Gasteiger partial charge in [-0.25, -0.2) is 0 Å². The zero-order chi connectivity index (χ0) is 8.27. The molecule has 1 aromatic rings. The van der Waals surface area contributed by atoms with Gasteiger partial charge in [0.25, 0.3) is 0 Å². The molecule has 1 aromatic carbocycles. The summed E-state index contributed by atoms with van der Waals surface area (Å²) in [6.07, 6.45) is 0. The van der Waals surface area contributed by atoms with Gasteiger partial charge < -0.3 is 10.4 Å². The maximum atomic E-state index is 9.16. The maximum Gasteiger partial charge on any atom is 0.135 e.